The Labute approximate surface area is 160 Å². The van der Waals surface area contributed by atoms with Crippen LogP contribution in [0.15, 0.2) is 53.1 Å². The van der Waals surface area contributed by atoms with Crippen LogP contribution < -0.4 is 5.32 Å². The average Bonchev–Trinajstić information content (AvgIpc) is 3.08. The Balaban J connectivity index is 1.53. The molecule has 3 aromatic rings. The molecule has 1 amide bonds. The van der Waals surface area contributed by atoms with Crippen molar-refractivity contribution in [3.63, 3.8) is 0 Å². The number of hydrogen-bond donors (Lipinski definition) is 1. The summed E-state index contributed by atoms with van der Waals surface area (Å²) in [6.45, 7) is 0.306. The van der Waals surface area contributed by atoms with Crippen LogP contribution in [-0.2, 0) is 17.8 Å². The second kappa shape index (κ2) is 8.34. The number of aryl methyl sites for hydroxylation is 1. The molecule has 0 aliphatic carbocycles. The summed E-state index contributed by atoms with van der Waals surface area (Å²) in [5.74, 6) is 0.170. The molecule has 0 aliphatic heterocycles. The van der Waals surface area contributed by atoms with Crippen LogP contribution in [0.1, 0.15) is 17.9 Å². The van der Waals surface area contributed by atoms with Gasteiger partial charge in [0.15, 0.2) is 11.7 Å². The number of oxazole rings is 1. The predicted molar refractivity (Wildman–Crippen MR) is 98.5 cm³/mol. The zero-order valence-corrected chi connectivity index (χ0v) is 15.1. The molecule has 1 heterocycles. The third-order valence-electron chi connectivity index (χ3n) is 3.75. The molecule has 0 radical (unpaired) electrons. The summed E-state index contributed by atoms with van der Waals surface area (Å²) in [6, 6.07) is 11.4. The highest BCUT2D eigenvalue weighted by Crippen LogP contribution is 2.24. The van der Waals surface area contributed by atoms with Crippen LogP contribution in [0.3, 0.4) is 0 Å². The Morgan fingerprint density at radius 3 is 2.77 bits per heavy atom. The van der Waals surface area contributed by atoms with E-state index in [9.17, 15) is 9.18 Å². The lowest BCUT2D eigenvalue weighted by atomic mass is 10.2. The number of amides is 1. The number of carbonyl (C=O) groups excluding carboxylic acids is 1. The highest BCUT2D eigenvalue weighted by atomic mass is 35.5. The lowest BCUT2D eigenvalue weighted by Gasteiger charge is -2.07. The third-order valence-corrected chi connectivity index (χ3v) is 4.34. The minimum absolute atomic E-state index is 0.165. The number of aromatic nitrogens is 1. The minimum Gasteiger partial charge on any atom is -0.441 e. The standard InChI is InChI=1S/C19H15Cl2FN2O2/c20-13-6-5-12(15(21)9-13)10-23-18(25)7-8-19-24-11-17(26-19)14-3-1-2-4-16(14)22/h1-6,9,11H,7-8,10H2,(H,23,25). The summed E-state index contributed by atoms with van der Waals surface area (Å²) < 4.78 is 19.3. The third kappa shape index (κ3) is 4.62. The molecule has 0 saturated heterocycles. The molecule has 26 heavy (non-hydrogen) atoms. The smallest absolute Gasteiger partial charge is 0.220 e. The minimum atomic E-state index is -0.382. The first kappa shape index (κ1) is 18.4. The molecule has 0 unspecified atom stereocenters. The maximum Gasteiger partial charge on any atom is 0.220 e. The van der Waals surface area contributed by atoms with Crippen molar-refractivity contribution in [3.05, 3.63) is 76.0 Å². The Morgan fingerprint density at radius 2 is 2.00 bits per heavy atom. The van der Waals surface area contributed by atoms with Crippen molar-refractivity contribution in [2.45, 2.75) is 19.4 Å². The lowest BCUT2D eigenvalue weighted by molar-refractivity contribution is -0.121. The molecule has 1 N–H and O–H groups in total. The number of nitrogens with one attached hydrogen (secondary N) is 1. The number of halogens is 3. The van der Waals surface area contributed by atoms with Crippen molar-refractivity contribution in [3.8, 4) is 11.3 Å². The van der Waals surface area contributed by atoms with Gasteiger partial charge >= 0.3 is 0 Å². The van der Waals surface area contributed by atoms with Gasteiger partial charge in [0.25, 0.3) is 0 Å². The number of carbonyl (C=O) groups is 1. The van der Waals surface area contributed by atoms with Gasteiger partial charge in [0.1, 0.15) is 5.82 Å². The van der Waals surface area contributed by atoms with Gasteiger partial charge < -0.3 is 9.73 Å². The number of rotatable bonds is 6. The van der Waals surface area contributed by atoms with Crippen LogP contribution in [0.4, 0.5) is 4.39 Å². The van der Waals surface area contributed by atoms with E-state index in [1.54, 1.807) is 36.4 Å². The Morgan fingerprint density at radius 1 is 1.19 bits per heavy atom. The Hall–Kier alpha value is -2.37. The number of hydrogen-bond acceptors (Lipinski definition) is 3. The molecule has 0 bridgehead atoms. The molecule has 7 heteroatoms. The number of benzene rings is 2. The molecular formula is C19H15Cl2FN2O2. The first-order valence-electron chi connectivity index (χ1n) is 7.93. The maximum atomic E-state index is 13.7. The predicted octanol–water partition coefficient (Wildman–Crippen LogP) is 5.04. The van der Waals surface area contributed by atoms with E-state index in [0.717, 1.165) is 5.56 Å². The van der Waals surface area contributed by atoms with Gasteiger partial charge in [-0.1, -0.05) is 41.4 Å². The monoisotopic (exact) mass is 392 g/mol. The van der Waals surface area contributed by atoms with E-state index >= 15 is 0 Å². The van der Waals surface area contributed by atoms with Crippen molar-refractivity contribution in [2.24, 2.45) is 0 Å². The quantitative estimate of drug-likeness (QED) is 0.639. The summed E-state index contributed by atoms with van der Waals surface area (Å²) >= 11 is 11.9. The molecule has 0 spiro atoms. The van der Waals surface area contributed by atoms with E-state index < -0.39 is 0 Å². The van der Waals surface area contributed by atoms with Gasteiger partial charge in [-0.05, 0) is 29.8 Å². The van der Waals surface area contributed by atoms with Crippen molar-refractivity contribution >= 4 is 29.1 Å². The normalized spacial score (nSPS) is 10.7. The van der Waals surface area contributed by atoms with Crippen molar-refractivity contribution in [2.75, 3.05) is 0 Å². The van der Waals surface area contributed by atoms with Gasteiger partial charge in [-0.3, -0.25) is 4.79 Å². The Bertz CT molecular complexity index is 927. The van der Waals surface area contributed by atoms with Crippen molar-refractivity contribution in [1.82, 2.24) is 10.3 Å². The van der Waals surface area contributed by atoms with E-state index in [0.29, 0.717) is 40.2 Å². The summed E-state index contributed by atoms with van der Waals surface area (Å²) in [4.78, 5) is 16.1. The SMILES string of the molecule is O=C(CCc1ncc(-c2ccccc2F)o1)NCc1ccc(Cl)cc1Cl. The van der Waals surface area contributed by atoms with Gasteiger partial charge in [-0.15, -0.1) is 0 Å². The van der Waals surface area contributed by atoms with Crippen molar-refractivity contribution in [1.29, 1.82) is 0 Å². The van der Waals surface area contributed by atoms with Gasteiger partial charge in [-0.25, -0.2) is 9.37 Å². The summed E-state index contributed by atoms with van der Waals surface area (Å²) in [7, 11) is 0. The van der Waals surface area contributed by atoms with Crippen LogP contribution in [-0.4, -0.2) is 10.9 Å². The highest BCUT2D eigenvalue weighted by molar-refractivity contribution is 6.35. The fourth-order valence-electron chi connectivity index (χ4n) is 2.38. The van der Waals surface area contributed by atoms with Crippen molar-refractivity contribution < 1.29 is 13.6 Å². The molecule has 134 valence electrons. The molecule has 0 atom stereocenters. The Kier molecular flexibility index (Phi) is 5.91. The second-order valence-corrected chi connectivity index (χ2v) is 6.45. The zero-order chi connectivity index (χ0) is 18.5. The molecule has 0 saturated carbocycles. The molecule has 0 fully saturated rings. The molecular weight excluding hydrogens is 378 g/mol. The van der Waals surface area contributed by atoms with Gasteiger partial charge in [0.2, 0.25) is 5.91 Å². The highest BCUT2D eigenvalue weighted by Gasteiger charge is 2.12. The fraction of sp³-hybridized carbons (Fsp3) is 0.158. The van der Waals surface area contributed by atoms with E-state index in [-0.39, 0.29) is 18.1 Å². The van der Waals surface area contributed by atoms with E-state index in [1.807, 2.05) is 0 Å². The van der Waals surface area contributed by atoms with Crippen LogP contribution in [0.2, 0.25) is 10.0 Å². The molecule has 0 aliphatic rings. The largest absolute Gasteiger partial charge is 0.441 e. The van der Waals surface area contributed by atoms with Gasteiger partial charge in [0.05, 0.1) is 11.8 Å². The average molecular weight is 393 g/mol. The first-order chi connectivity index (χ1) is 12.5. The van der Waals surface area contributed by atoms with Gasteiger partial charge in [-0.2, -0.15) is 0 Å². The first-order valence-corrected chi connectivity index (χ1v) is 8.69. The van der Waals surface area contributed by atoms with E-state index in [2.05, 4.69) is 10.3 Å². The van der Waals surface area contributed by atoms with Crippen LogP contribution in [0, 0.1) is 5.82 Å². The number of nitrogens with zero attached hydrogens (tertiary/aromatic N) is 1. The van der Waals surface area contributed by atoms with Crippen LogP contribution in [0.5, 0.6) is 0 Å². The lowest BCUT2D eigenvalue weighted by Crippen LogP contribution is -2.23. The van der Waals surface area contributed by atoms with Crippen LogP contribution in [0.25, 0.3) is 11.3 Å². The maximum absolute atomic E-state index is 13.7. The molecule has 3 rings (SSSR count). The molecule has 2 aromatic carbocycles. The van der Waals surface area contributed by atoms with E-state index in [4.69, 9.17) is 27.6 Å². The fourth-order valence-corrected chi connectivity index (χ4v) is 2.85. The topological polar surface area (TPSA) is 55.1 Å². The molecule has 4 nitrogen and oxygen atoms in total. The summed E-state index contributed by atoms with van der Waals surface area (Å²) in [5, 5.41) is 3.82. The second-order valence-electron chi connectivity index (χ2n) is 5.61. The van der Waals surface area contributed by atoms with E-state index in [1.165, 1.54) is 12.3 Å². The summed E-state index contributed by atoms with van der Waals surface area (Å²) in [6.07, 6.45) is 1.97. The zero-order valence-electron chi connectivity index (χ0n) is 13.6. The summed E-state index contributed by atoms with van der Waals surface area (Å²) in [5.41, 5.74) is 1.12. The van der Waals surface area contributed by atoms with Crippen LogP contribution >= 0.6 is 23.2 Å². The van der Waals surface area contributed by atoms with Gasteiger partial charge in [0, 0.05) is 29.4 Å². The molecule has 1 aromatic heterocycles.